The van der Waals surface area contributed by atoms with Crippen LogP contribution in [0.2, 0.25) is 0 Å². The molecule has 0 saturated carbocycles. The average Bonchev–Trinajstić information content (AvgIpc) is 2.65. The molecular weight excluding hydrogens is 316 g/mol. The highest BCUT2D eigenvalue weighted by Crippen LogP contribution is 2.25. The lowest BCUT2D eigenvalue weighted by Gasteiger charge is -2.14. The zero-order chi connectivity index (χ0) is 17.8. The van der Waals surface area contributed by atoms with Crippen LogP contribution < -0.4 is 25.8 Å². The van der Waals surface area contributed by atoms with Gasteiger partial charge in [-0.15, -0.1) is 0 Å². The summed E-state index contributed by atoms with van der Waals surface area (Å²) in [6.45, 7) is 0.547. The fraction of sp³-hybridized carbons (Fsp3) is 0.211. The average molecular weight is 338 g/mol. The summed E-state index contributed by atoms with van der Waals surface area (Å²) in [6, 6.07) is 13.7. The summed E-state index contributed by atoms with van der Waals surface area (Å²) >= 11 is 0. The minimum absolute atomic E-state index is 0.454. The highest BCUT2D eigenvalue weighted by atomic mass is 16.5. The third kappa shape index (κ3) is 3.44. The number of hydrazine groups is 1. The first-order valence-corrected chi connectivity index (χ1v) is 7.97. The van der Waals surface area contributed by atoms with Gasteiger partial charge >= 0.3 is 0 Å². The fourth-order valence-corrected chi connectivity index (χ4v) is 2.83. The largest absolute Gasteiger partial charge is 0.497 e. The first-order valence-electron chi connectivity index (χ1n) is 7.97. The monoisotopic (exact) mass is 338 g/mol. The number of methoxy groups -OCH3 is 2. The second-order valence-electron chi connectivity index (χ2n) is 5.65. The maximum Gasteiger partial charge on any atom is 0.133 e. The van der Waals surface area contributed by atoms with Gasteiger partial charge < -0.3 is 19.5 Å². The quantitative estimate of drug-likeness (QED) is 0.605. The second-order valence-corrected chi connectivity index (χ2v) is 5.65. The molecule has 130 valence electrons. The van der Waals surface area contributed by atoms with E-state index in [1.165, 1.54) is 0 Å². The highest BCUT2D eigenvalue weighted by Gasteiger charge is 2.08. The molecule has 0 aliphatic heterocycles. The zero-order valence-electron chi connectivity index (χ0n) is 14.6. The first kappa shape index (κ1) is 16.9. The van der Waals surface area contributed by atoms with Crippen LogP contribution in [0.15, 0.2) is 48.7 Å². The van der Waals surface area contributed by atoms with Gasteiger partial charge in [0.2, 0.25) is 0 Å². The number of ether oxygens (including phenoxy) is 2. The van der Waals surface area contributed by atoms with Crippen LogP contribution in [0.4, 0.5) is 5.69 Å². The minimum atomic E-state index is 0.454. The number of pyridine rings is 1. The smallest absolute Gasteiger partial charge is 0.133 e. The number of fused-ring (bicyclic) bond motifs is 1. The van der Waals surface area contributed by atoms with E-state index in [1.54, 1.807) is 14.2 Å². The van der Waals surface area contributed by atoms with E-state index in [2.05, 4.69) is 10.9 Å². The van der Waals surface area contributed by atoms with Crippen molar-refractivity contribution < 1.29 is 9.47 Å². The molecule has 3 aromatic rings. The number of nitrogens with one attached hydrogen (secondary N) is 3. The lowest BCUT2D eigenvalue weighted by Crippen LogP contribution is -2.21. The summed E-state index contributed by atoms with van der Waals surface area (Å²) in [5, 5.41) is 10.5. The fourth-order valence-electron chi connectivity index (χ4n) is 2.83. The maximum absolute atomic E-state index is 8.57. The maximum atomic E-state index is 8.57. The lowest BCUT2D eigenvalue weighted by molar-refractivity contribution is 0.390. The molecule has 0 aliphatic carbocycles. The van der Waals surface area contributed by atoms with Gasteiger partial charge in [0.05, 0.1) is 20.8 Å². The Morgan fingerprint density at radius 3 is 2.60 bits per heavy atom. The molecule has 3 rings (SSSR count). The lowest BCUT2D eigenvalue weighted by atomic mass is 10.1. The molecule has 1 aromatic heterocycles. The minimum Gasteiger partial charge on any atom is -0.497 e. The topological polar surface area (TPSA) is 71.3 Å². The summed E-state index contributed by atoms with van der Waals surface area (Å²) in [6.07, 6.45) is 1.93. The Balaban J connectivity index is 2.02. The van der Waals surface area contributed by atoms with E-state index in [-0.39, 0.29) is 0 Å². The molecule has 0 saturated heterocycles. The molecule has 0 bridgehead atoms. The molecule has 3 N–H and O–H groups in total. The van der Waals surface area contributed by atoms with Gasteiger partial charge in [-0.2, -0.15) is 0 Å². The molecule has 0 spiro atoms. The van der Waals surface area contributed by atoms with Crippen molar-refractivity contribution in [2.24, 2.45) is 0 Å². The summed E-state index contributed by atoms with van der Waals surface area (Å²) in [5.41, 5.74) is 8.32. The number of benzene rings is 2. The molecule has 1 heterocycles. The van der Waals surface area contributed by atoms with Crippen LogP contribution in [0.5, 0.6) is 11.5 Å². The molecular formula is C19H22N4O2. The predicted molar refractivity (Wildman–Crippen MR) is 99.1 cm³/mol. The van der Waals surface area contributed by atoms with Gasteiger partial charge in [-0.25, -0.2) is 5.43 Å². The summed E-state index contributed by atoms with van der Waals surface area (Å²) in [5.74, 6) is 1.50. The number of hydrogen-bond donors (Lipinski definition) is 3. The number of anilines is 1. The molecule has 0 amide bonds. The number of hydrogen-bond acceptors (Lipinski definition) is 5. The number of nitrogens with zero attached hydrogens (tertiary/aromatic N) is 1. The Bertz CT molecular complexity index is 950. The van der Waals surface area contributed by atoms with Crippen molar-refractivity contribution in [3.8, 4) is 11.5 Å². The molecule has 0 unspecified atom stereocenters. The van der Waals surface area contributed by atoms with E-state index in [1.807, 2.05) is 60.3 Å². The molecule has 6 heteroatoms. The SMILES string of the molecule is CNNc1ccc2ccn(Cc3ccc(OC)cc3OC)c(=N)c2c1. The van der Waals surface area contributed by atoms with E-state index >= 15 is 0 Å². The zero-order valence-corrected chi connectivity index (χ0v) is 14.6. The third-order valence-electron chi connectivity index (χ3n) is 4.13. The summed E-state index contributed by atoms with van der Waals surface area (Å²) in [7, 11) is 5.08. The summed E-state index contributed by atoms with van der Waals surface area (Å²) in [4.78, 5) is 0. The van der Waals surface area contributed by atoms with Crippen molar-refractivity contribution in [2.75, 3.05) is 26.7 Å². The number of rotatable bonds is 6. The second kappa shape index (κ2) is 7.27. The van der Waals surface area contributed by atoms with Crippen molar-refractivity contribution in [2.45, 2.75) is 6.54 Å². The molecule has 6 nitrogen and oxygen atoms in total. The van der Waals surface area contributed by atoms with Crippen LogP contribution in [0.3, 0.4) is 0 Å². The van der Waals surface area contributed by atoms with Gasteiger partial charge in [0, 0.05) is 35.9 Å². The molecule has 0 fully saturated rings. The van der Waals surface area contributed by atoms with Crippen LogP contribution in [0, 0.1) is 5.41 Å². The Morgan fingerprint density at radius 1 is 1.04 bits per heavy atom. The third-order valence-corrected chi connectivity index (χ3v) is 4.13. The molecule has 2 aromatic carbocycles. The van der Waals surface area contributed by atoms with E-state index in [9.17, 15) is 0 Å². The van der Waals surface area contributed by atoms with E-state index in [0.717, 1.165) is 33.5 Å². The van der Waals surface area contributed by atoms with E-state index in [0.29, 0.717) is 12.0 Å². The molecule has 0 aliphatic rings. The van der Waals surface area contributed by atoms with Crippen molar-refractivity contribution in [1.82, 2.24) is 9.99 Å². The van der Waals surface area contributed by atoms with Crippen LogP contribution in [0.25, 0.3) is 10.8 Å². The normalized spacial score (nSPS) is 10.7. The van der Waals surface area contributed by atoms with Crippen LogP contribution in [0.1, 0.15) is 5.56 Å². The van der Waals surface area contributed by atoms with Crippen LogP contribution in [-0.4, -0.2) is 25.8 Å². The Hall–Kier alpha value is -2.99. The first-order chi connectivity index (χ1) is 12.2. The van der Waals surface area contributed by atoms with E-state index in [4.69, 9.17) is 14.9 Å². The summed E-state index contributed by atoms with van der Waals surface area (Å²) < 4.78 is 12.6. The Kier molecular flexibility index (Phi) is 4.90. The molecule has 0 atom stereocenters. The number of aromatic nitrogens is 1. The van der Waals surface area contributed by atoms with Crippen molar-refractivity contribution in [3.63, 3.8) is 0 Å². The van der Waals surface area contributed by atoms with Crippen molar-refractivity contribution in [3.05, 3.63) is 59.7 Å². The van der Waals surface area contributed by atoms with E-state index < -0.39 is 0 Å². The Labute approximate surface area is 146 Å². The Morgan fingerprint density at radius 2 is 1.88 bits per heavy atom. The van der Waals surface area contributed by atoms with Gasteiger partial charge in [0.25, 0.3) is 0 Å². The van der Waals surface area contributed by atoms with Gasteiger partial charge in [0.15, 0.2) is 0 Å². The van der Waals surface area contributed by atoms with Gasteiger partial charge in [-0.05, 0) is 35.7 Å². The van der Waals surface area contributed by atoms with Crippen molar-refractivity contribution >= 4 is 16.5 Å². The molecule has 25 heavy (non-hydrogen) atoms. The van der Waals surface area contributed by atoms with Gasteiger partial charge in [-0.3, -0.25) is 5.41 Å². The van der Waals surface area contributed by atoms with Gasteiger partial charge in [-0.1, -0.05) is 6.07 Å². The highest BCUT2D eigenvalue weighted by molar-refractivity contribution is 5.84. The van der Waals surface area contributed by atoms with Crippen molar-refractivity contribution in [1.29, 1.82) is 5.41 Å². The van der Waals surface area contributed by atoms with Gasteiger partial charge in [0.1, 0.15) is 17.0 Å². The predicted octanol–water partition coefficient (Wildman–Crippen LogP) is 2.73. The molecule has 0 radical (unpaired) electrons. The van der Waals surface area contributed by atoms with Crippen LogP contribution >= 0.6 is 0 Å². The van der Waals surface area contributed by atoms with Crippen LogP contribution in [-0.2, 0) is 6.54 Å². The standard InChI is InChI=1S/C19H22N4O2/c1-21-22-15-6-4-13-8-9-23(19(20)17(13)10-15)12-14-5-7-16(24-2)11-18(14)25-3/h4-11,20-22H,12H2,1-3H3.